The minimum atomic E-state index is -0.592. The molecule has 1 N–H and O–H groups in total. The number of carbonyl (C=O) groups excluding carboxylic acids is 2. The summed E-state index contributed by atoms with van der Waals surface area (Å²) < 4.78 is 5.62. The van der Waals surface area contributed by atoms with Gasteiger partial charge in [0.15, 0.2) is 6.61 Å². The van der Waals surface area contributed by atoms with Crippen molar-refractivity contribution in [2.24, 2.45) is 5.92 Å². The van der Waals surface area contributed by atoms with Gasteiger partial charge in [-0.05, 0) is 37.5 Å². The molecule has 0 unspecified atom stereocenters. The SMILES string of the molecule is Cc1cccc(CN(C(=O)COc2ccccc2)[C@H](C)C(=O)NCC(C)C)c1. The summed E-state index contributed by atoms with van der Waals surface area (Å²) in [5.41, 5.74) is 2.10. The van der Waals surface area contributed by atoms with Crippen LogP contribution in [0.4, 0.5) is 0 Å². The minimum absolute atomic E-state index is 0.113. The zero-order chi connectivity index (χ0) is 20.5. The van der Waals surface area contributed by atoms with E-state index in [1.807, 2.05) is 63.2 Å². The van der Waals surface area contributed by atoms with E-state index in [0.29, 0.717) is 24.8 Å². The number of para-hydroxylation sites is 1. The van der Waals surface area contributed by atoms with Gasteiger partial charge in [-0.1, -0.05) is 61.9 Å². The summed E-state index contributed by atoms with van der Waals surface area (Å²) in [6.07, 6.45) is 0. The molecule has 28 heavy (non-hydrogen) atoms. The first-order chi connectivity index (χ1) is 13.4. The lowest BCUT2D eigenvalue weighted by Gasteiger charge is -2.29. The van der Waals surface area contributed by atoms with Gasteiger partial charge in [0.2, 0.25) is 5.91 Å². The number of benzene rings is 2. The Labute approximate surface area is 167 Å². The highest BCUT2D eigenvalue weighted by Crippen LogP contribution is 2.13. The van der Waals surface area contributed by atoms with Crippen molar-refractivity contribution in [2.75, 3.05) is 13.2 Å². The van der Waals surface area contributed by atoms with Crippen LogP contribution in [0.1, 0.15) is 31.9 Å². The molecule has 2 aromatic carbocycles. The molecule has 0 aliphatic rings. The van der Waals surface area contributed by atoms with Gasteiger partial charge >= 0.3 is 0 Å². The molecule has 150 valence electrons. The highest BCUT2D eigenvalue weighted by atomic mass is 16.5. The van der Waals surface area contributed by atoms with Gasteiger partial charge in [0.1, 0.15) is 11.8 Å². The number of nitrogens with zero attached hydrogens (tertiary/aromatic N) is 1. The molecule has 0 aromatic heterocycles. The molecular weight excluding hydrogens is 352 g/mol. The monoisotopic (exact) mass is 382 g/mol. The number of amides is 2. The molecule has 0 saturated heterocycles. The second-order valence-corrected chi connectivity index (χ2v) is 7.43. The fraction of sp³-hybridized carbons (Fsp3) is 0.391. The van der Waals surface area contributed by atoms with Gasteiger partial charge < -0.3 is 15.0 Å². The molecule has 0 bridgehead atoms. The summed E-state index contributed by atoms with van der Waals surface area (Å²) in [4.78, 5) is 27.1. The van der Waals surface area contributed by atoms with E-state index in [0.717, 1.165) is 11.1 Å². The standard InChI is InChI=1S/C23H30N2O3/c1-17(2)14-24-23(27)19(4)25(15-20-10-8-9-18(3)13-20)22(26)16-28-21-11-6-5-7-12-21/h5-13,17,19H,14-16H2,1-4H3,(H,24,27)/t19-/m1/s1. The van der Waals surface area contributed by atoms with Crippen molar-refractivity contribution in [3.05, 3.63) is 65.7 Å². The Morgan fingerprint density at radius 2 is 1.75 bits per heavy atom. The lowest BCUT2D eigenvalue weighted by atomic mass is 10.1. The maximum atomic E-state index is 12.9. The van der Waals surface area contributed by atoms with Crippen molar-refractivity contribution >= 4 is 11.8 Å². The van der Waals surface area contributed by atoms with Crippen molar-refractivity contribution in [1.82, 2.24) is 10.2 Å². The van der Waals surface area contributed by atoms with Gasteiger partial charge in [-0.25, -0.2) is 0 Å². The summed E-state index contributed by atoms with van der Waals surface area (Å²) >= 11 is 0. The highest BCUT2D eigenvalue weighted by molar-refractivity contribution is 5.87. The van der Waals surface area contributed by atoms with Crippen LogP contribution in [-0.4, -0.2) is 35.9 Å². The maximum Gasteiger partial charge on any atom is 0.261 e. The number of nitrogens with one attached hydrogen (secondary N) is 1. The predicted molar refractivity (Wildman–Crippen MR) is 111 cm³/mol. The first-order valence-electron chi connectivity index (χ1n) is 9.67. The fourth-order valence-electron chi connectivity index (χ4n) is 2.79. The van der Waals surface area contributed by atoms with Crippen molar-refractivity contribution in [2.45, 2.75) is 40.3 Å². The Morgan fingerprint density at radius 1 is 1.04 bits per heavy atom. The molecule has 2 amide bonds. The van der Waals surface area contributed by atoms with Crippen LogP contribution in [-0.2, 0) is 16.1 Å². The molecule has 0 spiro atoms. The number of ether oxygens (including phenoxy) is 1. The predicted octanol–water partition coefficient (Wildman–Crippen LogP) is 3.56. The number of hydrogen-bond acceptors (Lipinski definition) is 3. The molecule has 5 heteroatoms. The Bertz CT molecular complexity index is 774. The third-order valence-corrected chi connectivity index (χ3v) is 4.39. The summed E-state index contributed by atoms with van der Waals surface area (Å²) in [7, 11) is 0. The molecule has 1 atom stereocenters. The molecule has 0 heterocycles. The summed E-state index contributed by atoms with van der Waals surface area (Å²) in [6, 6.07) is 16.6. The smallest absolute Gasteiger partial charge is 0.261 e. The van der Waals surface area contributed by atoms with Gasteiger partial charge in [0.05, 0.1) is 0 Å². The molecule has 2 rings (SSSR count). The van der Waals surface area contributed by atoms with Crippen molar-refractivity contribution in [3.63, 3.8) is 0 Å². The third kappa shape index (κ3) is 6.72. The largest absolute Gasteiger partial charge is 0.484 e. The van der Waals surface area contributed by atoms with Gasteiger partial charge in [-0.2, -0.15) is 0 Å². The van der Waals surface area contributed by atoms with Crippen molar-refractivity contribution < 1.29 is 14.3 Å². The average molecular weight is 383 g/mol. The van der Waals surface area contributed by atoms with Crippen LogP contribution in [0.25, 0.3) is 0 Å². The summed E-state index contributed by atoms with van der Waals surface area (Å²) in [5, 5.41) is 2.91. The molecule has 0 saturated carbocycles. The first-order valence-corrected chi connectivity index (χ1v) is 9.67. The van der Waals surface area contributed by atoms with Gasteiger partial charge in [0.25, 0.3) is 5.91 Å². The number of hydrogen-bond donors (Lipinski definition) is 1. The van der Waals surface area contributed by atoms with Crippen LogP contribution >= 0.6 is 0 Å². The molecule has 2 aromatic rings. The minimum Gasteiger partial charge on any atom is -0.484 e. The maximum absolute atomic E-state index is 12.9. The third-order valence-electron chi connectivity index (χ3n) is 4.39. The van der Waals surface area contributed by atoms with Crippen LogP contribution in [0, 0.1) is 12.8 Å². The van der Waals surface area contributed by atoms with Crippen LogP contribution in [0.15, 0.2) is 54.6 Å². The molecular formula is C23H30N2O3. The van der Waals surface area contributed by atoms with E-state index in [1.54, 1.807) is 24.0 Å². The van der Waals surface area contributed by atoms with Gasteiger partial charge in [0, 0.05) is 13.1 Å². The summed E-state index contributed by atoms with van der Waals surface area (Å²) in [6.45, 7) is 8.66. The average Bonchev–Trinajstić information content (AvgIpc) is 2.68. The Kier molecular flexibility index (Phi) is 8.05. The summed E-state index contributed by atoms with van der Waals surface area (Å²) in [5.74, 6) is 0.591. The van der Waals surface area contributed by atoms with Crippen molar-refractivity contribution in [3.8, 4) is 5.75 Å². The van der Waals surface area contributed by atoms with E-state index in [1.165, 1.54) is 0 Å². The Hall–Kier alpha value is -2.82. The van der Waals surface area contributed by atoms with Crippen molar-refractivity contribution in [1.29, 1.82) is 0 Å². The topological polar surface area (TPSA) is 58.6 Å². The zero-order valence-electron chi connectivity index (χ0n) is 17.1. The molecule has 0 aliphatic heterocycles. The van der Waals surface area contributed by atoms with E-state index in [4.69, 9.17) is 4.74 Å². The number of rotatable bonds is 9. The van der Waals surface area contributed by atoms with Crippen LogP contribution in [0.3, 0.4) is 0 Å². The normalized spacial score (nSPS) is 11.8. The number of carbonyl (C=O) groups is 2. The Morgan fingerprint density at radius 3 is 2.39 bits per heavy atom. The van der Waals surface area contributed by atoms with E-state index < -0.39 is 6.04 Å². The van der Waals surface area contributed by atoms with E-state index in [-0.39, 0.29) is 18.4 Å². The van der Waals surface area contributed by atoms with Crippen LogP contribution in [0.2, 0.25) is 0 Å². The molecule has 0 aliphatic carbocycles. The molecule has 5 nitrogen and oxygen atoms in total. The van der Waals surface area contributed by atoms with Crippen LogP contribution < -0.4 is 10.1 Å². The lowest BCUT2D eigenvalue weighted by molar-refractivity contribution is -0.142. The first kappa shape index (κ1) is 21.5. The number of aryl methyl sites for hydroxylation is 1. The molecule has 0 radical (unpaired) electrons. The van der Waals surface area contributed by atoms with E-state index in [9.17, 15) is 9.59 Å². The van der Waals surface area contributed by atoms with Gasteiger partial charge in [-0.3, -0.25) is 9.59 Å². The van der Waals surface area contributed by atoms with E-state index >= 15 is 0 Å². The fourth-order valence-corrected chi connectivity index (χ4v) is 2.79. The zero-order valence-corrected chi connectivity index (χ0v) is 17.1. The molecule has 0 fully saturated rings. The lowest BCUT2D eigenvalue weighted by Crippen LogP contribution is -2.49. The second-order valence-electron chi connectivity index (χ2n) is 7.43. The van der Waals surface area contributed by atoms with Gasteiger partial charge in [-0.15, -0.1) is 0 Å². The van der Waals surface area contributed by atoms with Crippen LogP contribution in [0.5, 0.6) is 5.75 Å². The second kappa shape index (κ2) is 10.5. The highest BCUT2D eigenvalue weighted by Gasteiger charge is 2.26. The van der Waals surface area contributed by atoms with E-state index in [2.05, 4.69) is 5.32 Å². The Balaban J connectivity index is 2.11. The quantitative estimate of drug-likeness (QED) is 0.721.